The maximum absolute atomic E-state index is 12.7. The Morgan fingerprint density at radius 3 is 2.02 bits per heavy atom. The summed E-state index contributed by atoms with van der Waals surface area (Å²) in [5, 5.41) is 6.18. The SMILES string of the molecule is CCCCCCCCCCCCCCOc1ccc(CC(=O)Nc2ccc(-c3scc[n+]3C)cc2)cc1C(C)=O.[Cl-]. The number of nitrogens with zero attached hydrogens (tertiary/aromatic N) is 1. The van der Waals surface area contributed by atoms with Gasteiger partial charge in [0.2, 0.25) is 5.91 Å². The van der Waals surface area contributed by atoms with Crippen LogP contribution in [0.15, 0.2) is 54.0 Å². The second-order valence-corrected chi connectivity index (χ2v) is 11.6. The van der Waals surface area contributed by atoms with Crippen LogP contribution in [0.25, 0.3) is 10.6 Å². The number of thiazole rings is 1. The molecule has 3 aromatic rings. The summed E-state index contributed by atoms with van der Waals surface area (Å²) in [6.07, 6.45) is 17.8. The number of hydrogen-bond acceptors (Lipinski definition) is 4. The number of halogens is 1. The molecule has 0 aliphatic carbocycles. The van der Waals surface area contributed by atoms with E-state index in [9.17, 15) is 9.59 Å². The van der Waals surface area contributed by atoms with Gasteiger partial charge in [0.15, 0.2) is 12.0 Å². The minimum absolute atomic E-state index is 0. The second-order valence-electron chi connectivity index (χ2n) is 10.7. The van der Waals surface area contributed by atoms with Gasteiger partial charge >= 0.3 is 0 Å². The maximum Gasteiger partial charge on any atom is 0.268 e. The molecule has 1 N–H and O–H groups in total. The van der Waals surface area contributed by atoms with E-state index >= 15 is 0 Å². The number of aromatic nitrogens is 1. The zero-order chi connectivity index (χ0) is 28.6. The Morgan fingerprint density at radius 2 is 1.46 bits per heavy atom. The molecule has 1 aromatic heterocycles. The Bertz CT molecular complexity index is 1190. The van der Waals surface area contributed by atoms with Crippen molar-refractivity contribution < 1.29 is 31.3 Å². The summed E-state index contributed by atoms with van der Waals surface area (Å²) in [5.74, 6) is 0.440. The molecule has 0 unspecified atom stereocenters. The first-order valence-corrected chi connectivity index (χ1v) is 16.0. The number of carbonyl (C=O) groups is 2. The first-order valence-electron chi connectivity index (χ1n) is 15.1. The van der Waals surface area contributed by atoms with Gasteiger partial charge in [-0.1, -0.05) is 95.0 Å². The van der Waals surface area contributed by atoms with E-state index in [4.69, 9.17) is 4.74 Å². The molecular formula is C34H47ClN2O3S. The van der Waals surface area contributed by atoms with Crippen LogP contribution in [0.1, 0.15) is 107 Å². The van der Waals surface area contributed by atoms with Crippen molar-refractivity contribution >= 4 is 28.7 Å². The highest BCUT2D eigenvalue weighted by molar-refractivity contribution is 7.12. The average Bonchev–Trinajstić information content (AvgIpc) is 3.37. The van der Waals surface area contributed by atoms with Crippen LogP contribution in [0, 0.1) is 0 Å². The van der Waals surface area contributed by atoms with Crippen molar-refractivity contribution in [1.82, 2.24) is 0 Å². The van der Waals surface area contributed by atoms with Crippen LogP contribution in [0.3, 0.4) is 0 Å². The predicted octanol–water partition coefficient (Wildman–Crippen LogP) is 5.71. The van der Waals surface area contributed by atoms with E-state index in [0.29, 0.717) is 17.9 Å². The third-order valence-electron chi connectivity index (χ3n) is 7.24. The number of hydrogen-bond donors (Lipinski definition) is 1. The summed E-state index contributed by atoms with van der Waals surface area (Å²) in [7, 11) is 2.02. The number of ether oxygens (including phenoxy) is 1. The van der Waals surface area contributed by atoms with Gasteiger partial charge < -0.3 is 22.5 Å². The molecule has 0 aliphatic heterocycles. The highest BCUT2D eigenvalue weighted by Crippen LogP contribution is 2.24. The minimum Gasteiger partial charge on any atom is -1.00 e. The van der Waals surface area contributed by atoms with Gasteiger partial charge in [-0.3, -0.25) is 9.59 Å². The molecule has 7 heteroatoms. The van der Waals surface area contributed by atoms with E-state index < -0.39 is 0 Å². The summed E-state index contributed by atoms with van der Waals surface area (Å²) in [6, 6.07) is 13.4. The zero-order valence-electron chi connectivity index (χ0n) is 25.1. The van der Waals surface area contributed by atoms with Gasteiger partial charge in [-0.05, 0) is 55.3 Å². The number of benzene rings is 2. The van der Waals surface area contributed by atoms with Gasteiger partial charge in [0.25, 0.3) is 5.01 Å². The zero-order valence-corrected chi connectivity index (χ0v) is 26.6. The molecule has 0 bridgehead atoms. The molecule has 0 saturated carbocycles. The van der Waals surface area contributed by atoms with Crippen LogP contribution < -0.4 is 27.0 Å². The number of Topliss-reactive ketones (excluding diaryl/α,β-unsaturated/α-hetero) is 1. The lowest BCUT2D eigenvalue weighted by Crippen LogP contribution is -3.00. The number of nitrogens with one attached hydrogen (secondary N) is 1. The van der Waals surface area contributed by atoms with Gasteiger partial charge in [0.05, 0.1) is 29.5 Å². The van der Waals surface area contributed by atoms with Crippen molar-refractivity contribution in [3.8, 4) is 16.3 Å². The van der Waals surface area contributed by atoms with Crippen molar-refractivity contribution in [2.45, 2.75) is 97.3 Å². The molecule has 0 aliphatic rings. The fraction of sp³-hybridized carbons (Fsp3) is 0.500. The standard InChI is InChI=1S/C34H46N2O3S.ClH/c1-4-5-6-7-8-9-10-11-12-13-14-15-23-39-32-21-16-28(25-31(32)27(2)37)26-33(38)35-30-19-17-29(18-20-30)34-36(3)22-24-40-34;/h16-22,24-25H,4-15,23,26H2,1-3H3;1H. The Balaban J connectivity index is 0.00000588. The summed E-state index contributed by atoms with van der Waals surface area (Å²) < 4.78 is 8.05. The smallest absolute Gasteiger partial charge is 0.268 e. The molecular weight excluding hydrogens is 552 g/mol. The van der Waals surface area contributed by atoms with Crippen molar-refractivity contribution in [2.24, 2.45) is 7.05 Å². The Kier molecular flexibility index (Phi) is 16.3. The Labute approximate surface area is 257 Å². The fourth-order valence-corrected chi connectivity index (χ4v) is 5.78. The number of unbranched alkanes of at least 4 members (excludes halogenated alkanes) is 11. The predicted molar refractivity (Wildman–Crippen MR) is 166 cm³/mol. The van der Waals surface area contributed by atoms with Gasteiger partial charge in [0.1, 0.15) is 12.8 Å². The Morgan fingerprint density at radius 1 is 0.854 bits per heavy atom. The van der Waals surface area contributed by atoms with Crippen LogP contribution in [0.5, 0.6) is 5.75 Å². The first-order chi connectivity index (χ1) is 19.5. The van der Waals surface area contributed by atoms with E-state index in [2.05, 4.69) is 22.2 Å². The van der Waals surface area contributed by atoms with E-state index in [0.717, 1.165) is 34.7 Å². The van der Waals surface area contributed by atoms with Gasteiger partial charge in [0, 0.05) is 5.69 Å². The molecule has 0 saturated heterocycles. The molecule has 0 atom stereocenters. The van der Waals surface area contributed by atoms with Crippen molar-refractivity contribution in [3.63, 3.8) is 0 Å². The van der Waals surface area contributed by atoms with Crippen LogP contribution in [0.4, 0.5) is 5.69 Å². The molecule has 3 rings (SSSR count). The summed E-state index contributed by atoms with van der Waals surface area (Å²) in [4.78, 5) is 25.0. The van der Waals surface area contributed by atoms with Crippen LogP contribution in [-0.4, -0.2) is 18.3 Å². The van der Waals surface area contributed by atoms with Crippen LogP contribution in [0.2, 0.25) is 0 Å². The monoisotopic (exact) mass is 598 g/mol. The van der Waals surface area contributed by atoms with Gasteiger partial charge in [-0.25, -0.2) is 0 Å². The lowest BCUT2D eigenvalue weighted by Gasteiger charge is -2.12. The van der Waals surface area contributed by atoms with Gasteiger partial charge in [-0.2, -0.15) is 4.57 Å². The molecule has 224 valence electrons. The molecule has 2 aromatic carbocycles. The normalized spacial score (nSPS) is 10.7. The Hall–Kier alpha value is -2.70. The molecule has 1 heterocycles. The topological polar surface area (TPSA) is 59.3 Å². The number of anilines is 1. The average molecular weight is 599 g/mol. The quantitative estimate of drug-likeness (QED) is 0.109. The highest BCUT2D eigenvalue weighted by Gasteiger charge is 2.14. The summed E-state index contributed by atoms with van der Waals surface area (Å²) in [5.41, 5.74) is 3.20. The molecule has 0 radical (unpaired) electrons. The minimum atomic E-state index is -0.117. The molecule has 41 heavy (non-hydrogen) atoms. The van der Waals surface area contributed by atoms with E-state index in [1.54, 1.807) is 24.3 Å². The number of aryl methyl sites for hydroxylation is 1. The number of carbonyl (C=O) groups excluding carboxylic acids is 2. The van der Waals surface area contributed by atoms with Crippen molar-refractivity contribution in [2.75, 3.05) is 11.9 Å². The number of ketones is 1. The number of rotatable bonds is 19. The molecule has 5 nitrogen and oxygen atoms in total. The molecule has 0 fully saturated rings. The summed E-state index contributed by atoms with van der Waals surface area (Å²) in [6.45, 7) is 4.42. The second kappa shape index (κ2) is 19.4. The van der Waals surface area contributed by atoms with E-state index in [-0.39, 0.29) is 30.5 Å². The summed E-state index contributed by atoms with van der Waals surface area (Å²) >= 11 is 1.68. The van der Waals surface area contributed by atoms with Gasteiger partial charge in [-0.15, -0.1) is 0 Å². The van der Waals surface area contributed by atoms with E-state index in [1.165, 1.54) is 64.2 Å². The van der Waals surface area contributed by atoms with Crippen molar-refractivity contribution in [1.29, 1.82) is 0 Å². The molecule has 0 spiro atoms. The lowest BCUT2D eigenvalue weighted by atomic mass is 10.0. The fourth-order valence-electron chi connectivity index (χ4n) is 4.91. The van der Waals surface area contributed by atoms with Crippen molar-refractivity contribution in [3.05, 3.63) is 65.2 Å². The van der Waals surface area contributed by atoms with E-state index in [1.807, 2.05) is 49.6 Å². The molecule has 1 amide bonds. The maximum atomic E-state index is 12.7. The third kappa shape index (κ3) is 12.4. The number of amides is 1. The lowest BCUT2D eigenvalue weighted by molar-refractivity contribution is -0.655. The van der Waals surface area contributed by atoms with Crippen LogP contribution >= 0.6 is 11.3 Å². The third-order valence-corrected chi connectivity index (χ3v) is 8.25. The largest absolute Gasteiger partial charge is 1.00 e. The first kappa shape index (κ1) is 34.5. The van der Waals surface area contributed by atoms with Crippen LogP contribution in [-0.2, 0) is 18.3 Å². The highest BCUT2D eigenvalue weighted by atomic mass is 35.5.